The van der Waals surface area contributed by atoms with Gasteiger partial charge in [-0.3, -0.25) is 4.99 Å². The number of piperidine rings is 1. The Hall–Kier alpha value is -1.49. The first kappa shape index (κ1) is 13.9. The minimum absolute atomic E-state index is 0.241. The molecule has 1 aliphatic rings. The normalized spacial score (nSPS) is 19.7. The van der Waals surface area contributed by atoms with Gasteiger partial charge in [-0.2, -0.15) is 0 Å². The first-order valence-corrected chi connectivity index (χ1v) is 6.85. The zero-order valence-electron chi connectivity index (χ0n) is 11.7. The maximum absolute atomic E-state index is 9.95. The molecular weight excluding hydrogens is 242 g/mol. The van der Waals surface area contributed by atoms with Crippen molar-refractivity contribution in [3.8, 4) is 0 Å². The molecule has 3 N–H and O–H groups in total. The Morgan fingerprint density at radius 1 is 1.53 bits per heavy atom. The maximum atomic E-state index is 9.95. The predicted molar refractivity (Wildman–Crippen MR) is 74.9 cm³/mol. The van der Waals surface area contributed by atoms with Crippen LogP contribution >= 0.6 is 0 Å². The van der Waals surface area contributed by atoms with E-state index in [0.717, 1.165) is 37.6 Å². The largest absolute Gasteiger partial charge is 0.464 e. The van der Waals surface area contributed by atoms with Gasteiger partial charge < -0.3 is 20.2 Å². The van der Waals surface area contributed by atoms with E-state index in [0.29, 0.717) is 11.7 Å². The molecule has 0 spiro atoms. The molecule has 1 fully saturated rings. The van der Waals surface area contributed by atoms with Crippen LogP contribution in [0, 0.1) is 12.8 Å². The van der Waals surface area contributed by atoms with E-state index in [4.69, 9.17) is 10.2 Å². The summed E-state index contributed by atoms with van der Waals surface area (Å²) in [4.78, 5) is 6.35. The van der Waals surface area contributed by atoms with Gasteiger partial charge >= 0.3 is 0 Å². The van der Waals surface area contributed by atoms with Crippen LogP contribution in [0.15, 0.2) is 21.5 Å². The molecule has 2 rings (SSSR count). The zero-order chi connectivity index (χ0) is 13.8. The maximum Gasteiger partial charge on any atom is 0.191 e. The van der Waals surface area contributed by atoms with Crippen molar-refractivity contribution in [2.45, 2.75) is 32.8 Å². The van der Waals surface area contributed by atoms with E-state index in [1.807, 2.05) is 13.0 Å². The van der Waals surface area contributed by atoms with Crippen molar-refractivity contribution in [2.75, 3.05) is 19.6 Å². The second-order valence-corrected chi connectivity index (χ2v) is 5.33. The summed E-state index contributed by atoms with van der Waals surface area (Å²) in [6.45, 7) is 6.25. The molecule has 1 atom stereocenters. The van der Waals surface area contributed by atoms with Crippen LogP contribution in [-0.4, -0.2) is 35.6 Å². The van der Waals surface area contributed by atoms with Crippen molar-refractivity contribution in [1.29, 1.82) is 0 Å². The van der Waals surface area contributed by atoms with E-state index >= 15 is 0 Å². The van der Waals surface area contributed by atoms with E-state index in [1.54, 1.807) is 6.07 Å². The highest BCUT2D eigenvalue weighted by molar-refractivity contribution is 5.78. The molecule has 1 unspecified atom stereocenters. The van der Waals surface area contributed by atoms with Crippen molar-refractivity contribution >= 4 is 5.96 Å². The number of nitrogens with two attached hydrogens (primary N) is 1. The van der Waals surface area contributed by atoms with Crippen molar-refractivity contribution in [2.24, 2.45) is 16.6 Å². The Kier molecular flexibility index (Phi) is 4.47. The summed E-state index contributed by atoms with van der Waals surface area (Å²) >= 11 is 0. The number of likely N-dealkylation sites (tertiary alicyclic amines) is 1. The molecule has 106 valence electrons. The van der Waals surface area contributed by atoms with E-state index in [-0.39, 0.29) is 6.54 Å². The topological polar surface area (TPSA) is 75.0 Å². The fourth-order valence-electron chi connectivity index (χ4n) is 2.24. The molecule has 1 aromatic rings. The van der Waals surface area contributed by atoms with Crippen LogP contribution in [0.1, 0.15) is 37.4 Å². The molecule has 1 aromatic heterocycles. The van der Waals surface area contributed by atoms with Gasteiger partial charge in [0.15, 0.2) is 5.96 Å². The third-order valence-corrected chi connectivity index (χ3v) is 3.62. The zero-order valence-corrected chi connectivity index (χ0v) is 11.7. The number of furan rings is 1. The number of guanidine groups is 1. The lowest BCUT2D eigenvalue weighted by atomic mass is 10.00. The highest BCUT2D eigenvalue weighted by Gasteiger charge is 2.17. The Balaban J connectivity index is 1.87. The average Bonchev–Trinajstić information content (AvgIpc) is 2.83. The van der Waals surface area contributed by atoms with Crippen molar-refractivity contribution < 1.29 is 9.52 Å². The summed E-state index contributed by atoms with van der Waals surface area (Å²) < 4.78 is 5.36. The van der Waals surface area contributed by atoms with E-state index in [9.17, 15) is 5.11 Å². The molecule has 5 nitrogen and oxygen atoms in total. The van der Waals surface area contributed by atoms with Crippen LogP contribution in [0.4, 0.5) is 0 Å². The van der Waals surface area contributed by atoms with Crippen LogP contribution in [-0.2, 0) is 0 Å². The number of aliphatic hydroxyl groups is 1. The number of hydrogen-bond acceptors (Lipinski definition) is 3. The summed E-state index contributed by atoms with van der Waals surface area (Å²) in [6, 6.07) is 3.60. The fraction of sp³-hybridized carbons (Fsp3) is 0.643. The monoisotopic (exact) mass is 265 g/mol. The Morgan fingerprint density at radius 3 is 2.79 bits per heavy atom. The molecule has 1 saturated heterocycles. The molecule has 0 radical (unpaired) electrons. The Bertz CT molecular complexity index is 434. The Morgan fingerprint density at radius 2 is 2.21 bits per heavy atom. The van der Waals surface area contributed by atoms with Gasteiger partial charge in [0, 0.05) is 13.1 Å². The lowest BCUT2D eigenvalue weighted by molar-refractivity contribution is 0.156. The molecule has 5 heteroatoms. The van der Waals surface area contributed by atoms with E-state index < -0.39 is 6.10 Å². The van der Waals surface area contributed by atoms with E-state index in [1.165, 1.54) is 0 Å². The third-order valence-electron chi connectivity index (χ3n) is 3.62. The summed E-state index contributed by atoms with van der Waals surface area (Å²) in [7, 11) is 0. The van der Waals surface area contributed by atoms with Crippen LogP contribution in [0.25, 0.3) is 0 Å². The molecule has 0 aliphatic carbocycles. The van der Waals surface area contributed by atoms with Gasteiger partial charge in [0.1, 0.15) is 17.6 Å². The SMILES string of the molecule is Cc1ccc(C(O)CN=C(N)N2CCC(C)CC2)o1. The molecule has 2 heterocycles. The second-order valence-electron chi connectivity index (χ2n) is 5.33. The van der Waals surface area contributed by atoms with Crippen LogP contribution in [0.3, 0.4) is 0 Å². The standard InChI is InChI=1S/C14H23N3O2/c1-10-5-7-17(8-6-10)14(15)16-9-12(18)13-4-3-11(2)19-13/h3-4,10,12,18H,5-9H2,1-2H3,(H2,15,16). The molecule has 1 aliphatic heterocycles. The van der Waals surface area contributed by atoms with Crippen molar-refractivity contribution in [3.63, 3.8) is 0 Å². The second kappa shape index (κ2) is 6.10. The number of aryl methyl sites for hydroxylation is 1. The molecular formula is C14H23N3O2. The smallest absolute Gasteiger partial charge is 0.191 e. The first-order chi connectivity index (χ1) is 9.06. The number of aliphatic hydroxyl groups excluding tert-OH is 1. The first-order valence-electron chi connectivity index (χ1n) is 6.85. The van der Waals surface area contributed by atoms with Gasteiger partial charge in [-0.05, 0) is 37.8 Å². The van der Waals surface area contributed by atoms with Crippen molar-refractivity contribution in [1.82, 2.24) is 4.90 Å². The molecule has 19 heavy (non-hydrogen) atoms. The fourth-order valence-corrected chi connectivity index (χ4v) is 2.24. The third kappa shape index (κ3) is 3.73. The summed E-state index contributed by atoms with van der Waals surface area (Å²) in [5.74, 6) is 2.62. The number of hydrogen-bond donors (Lipinski definition) is 2. The lowest BCUT2D eigenvalue weighted by Crippen LogP contribution is -2.42. The molecule has 0 aromatic carbocycles. The summed E-state index contributed by atoms with van der Waals surface area (Å²) in [6.07, 6.45) is 1.57. The van der Waals surface area contributed by atoms with Crippen LogP contribution < -0.4 is 5.73 Å². The van der Waals surface area contributed by atoms with Gasteiger partial charge in [-0.15, -0.1) is 0 Å². The van der Waals surface area contributed by atoms with Gasteiger partial charge in [0.2, 0.25) is 0 Å². The summed E-state index contributed by atoms with van der Waals surface area (Å²) in [5.41, 5.74) is 5.96. The Labute approximate surface area is 114 Å². The van der Waals surface area contributed by atoms with E-state index in [2.05, 4.69) is 16.8 Å². The van der Waals surface area contributed by atoms with Gasteiger partial charge in [0.05, 0.1) is 6.54 Å². The number of aliphatic imine (C=N–C) groups is 1. The predicted octanol–water partition coefficient (Wildman–Crippen LogP) is 1.67. The number of rotatable bonds is 3. The van der Waals surface area contributed by atoms with Crippen molar-refractivity contribution in [3.05, 3.63) is 23.7 Å². The molecule has 0 bridgehead atoms. The summed E-state index contributed by atoms with van der Waals surface area (Å²) in [5, 5.41) is 9.95. The molecule has 0 saturated carbocycles. The quantitative estimate of drug-likeness (QED) is 0.644. The minimum atomic E-state index is -0.726. The minimum Gasteiger partial charge on any atom is -0.464 e. The number of nitrogens with zero attached hydrogens (tertiary/aromatic N) is 2. The van der Waals surface area contributed by atoms with Crippen LogP contribution in [0.2, 0.25) is 0 Å². The highest BCUT2D eigenvalue weighted by Crippen LogP contribution is 2.17. The molecule has 0 amide bonds. The van der Waals surface area contributed by atoms with Gasteiger partial charge in [-0.25, -0.2) is 0 Å². The van der Waals surface area contributed by atoms with Crippen LogP contribution in [0.5, 0.6) is 0 Å². The van der Waals surface area contributed by atoms with Gasteiger partial charge in [0.25, 0.3) is 0 Å². The lowest BCUT2D eigenvalue weighted by Gasteiger charge is -2.31. The highest BCUT2D eigenvalue weighted by atomic mass is 16.4. The van der Waals surface area contributed by atoms with Gasteiger partial charge in [-0.1, -0.05) is 6.92 Å². The average molecular weight is 265 g/mol.